The molecule has 0 saturated heterocycles. The summed E-state index contributed by atoms with van der Waals surface area (Å²) in [4.78, 5) is 15.6. The topological polar surface area (TPSA) is 63.3 Å². The Morgan fingerprint density at radius 1 is 1.19 bits per heavy atom. The van der Waals surface area contributed by atoms with Gasteiger partial charge in [0.2, 0.25) is 5.88 Å². The van der Waals surface area contributed by atoms with Gasteiger partial charge in [0.05, 0.1) is 11.8 Å². The second-order valence-electron chi connectivity index (χ2n) is 3.47. The van der Waals surface area contributed by atoms with Crippen molar-refractivity contribution in [2.24, 2.45) is 0 Å². The zero-order valence-corrected chi connectivity index (χ0v) is 8.18. The molecule has 1 aromatic carbocycles. The molecule has 4 nitrogen and oxygen atoms in total. The molecule has 0 aliphatic carbocycles. The maximum atomic E-state index is 11.6. The molecular weight excluding hydrogens is 206 g/mol. The molecule has 0 spiro atoms. The second-order valence-corrected chi connectivity index (χ2v) is 3.47. The molecule has 3 rings (SSSR count). The summed E-state index contributed by atoms with van der Waals surface area (Å²) in [5.41, 5.74) is 0.854. The molecule has 0 fully saturated rings. The summed E-state index contributed by atoms with van der Waals surface area (Å²) in [5.74, 6) is -0.270. The molecule has 2 heterocycles. The molecular formula is C12H7NO3. The van der Waals surface area contributed by atoms with Crippen molar-refractivity contribution < 1.29 is 9.52 Å². The predicted octanol–water partition coefficient (Wildman–Crippen LogP) is 2.05. The number of fused-ring (bicyclic) bond motifs is 3. The van der Waals surface area contributed by atoms with Crippen molar-refractivity contribution in [3.63, 3.8) is 0 Å². The first-order valence-electron chi connectivity index (χ1n) is 4.76. The van der Waals surface area contributed by atoms with E-state index in [1.807, 2.05) is 0 Å². The van der Waals surface area contributed by atoms with Gasteiger partial charge in [0.15, 0.2) is 5.43 Å². The van der Waals surface area contributed by atoms with Gasteiger partial charge in [0, 0.05) is 16.8 Å². The first-order chi connectivity index (χ1) is 7.75. The molecule has 0 radical (unpaired) electrons. The summed E-state index contributed by atoms with van der Waals surface area (Å²) in [6.45, 7) is 0. The zero-order chi connectivity index (χ0) is 11.1. The molecule has 0 bridgehead atoms. The summed E-state index contributed by atoms with van der Waals surface area (Å²) >= 11 is 0. The third kappa shape index (κ3) is 1.16. The van der Waals surface area contributed by atoms with Crippen LogP contribution in [0.3, 0.4) is 0 Å². The van der Waals surface area contributed by atoms with Crippen molar-refractivity contribution in [2.45, 2.75) is 0 Å². The Bertz CT molecular complexity index is 746. The summed E-state index contributed by atoms with van der Waals surface area (Å²) in [6.07, 6.45) is 1.55. The smallest absolute Gasteiger partial charge is 0.215 e. The van der Waals surface area contributed by atoms with E-state index in [0.29, 0.717) is 21.9 Å². The van der Waals surface area contributed by atoms with Crippen molar-refractivity contribution >= 4 is 21.9 Å². The molecule has 2 aromatic heterocycles. The van der Waals surface area contributed by atoms with E-state index in [0.717, 1.165) is 6.07 Å². The van der Waals surface area contributed by atoms with Gasteiger partial charge in [-0.05, 0) is 24.3 Å². The fourth-order valence-electron chi connectivity index (χ4n) is 1.76. The monoisotopic (exact) mass is 213 g/mol. The summed E-state index contributed by atoms with van der Waals surface area (Å²) in [5, 5.41) is 10.5. The lowest BCUT2D eigenvalue weighted by Gasteiger charge is -2.01. The van der Waals surface area contributed by atoms with Gasteiger partial charge in [-0.25, -0.2) is 4.98 Å². The average molecular weight is 213 g/mol. The first kappa shape index (κ1) is 8.91. The van der Waals surface area contributed by atoms with E-state index < -0.39 is 0 Å². The van der Waals surface area contributed by atoms with E-state index in [1.165, 1.54) is 0 Å². The lowest BCUT2D eigenvalue weighted by molar-refractivity contribution is 0.455. The van der Waals surface area contributed by atoms with Crippen LogP contribution in [0, 0.1) is 0 Å². The van der Waals surface area contributed by atoms with Gasteiger partial charge in [-0.1, -0.05) is 0 Å². The molecule has 0 unspecified atom stereocenters. The molecule has 3 aromatic rings. The number of hydrogen-bond acceptors (Lipinski definition) is 4. The van der Waals surface area contributed by atoms with Gasteiger partial charge < -0.3 is 9.52 Å². The highest BCUT2D eigenvalue weighted by Crippen LogP contribution is 2.22. The minimum Gasteiger partial charge on any atom is -0.493 e. The van der Waals surface area contributed by atoms with Gasteiger partial charge >= 0.3 is 0 Å². The van der Waals surface area contributed by atoms with Crippen molar-refractivity contribution in [1.82, 2.24) is 4.98 Å². The van der Waals surface area contributed by atoms with Gasteiger partial charge in [-0.3, -0.25) is 4.79 Å². The fraction of sp³-hybridized carbons (Fsp3) is 0. The van der Waals surface area contributed by atoms with Crippen molar-refractivity contribution in [3.05, 3.63) is 46.8 Å². The Balaban J connectivity index is 2.65. The van der Waals surface area contributed by atoms with Crippen LogP contribution < -0.4 is 5.43 Å². The van der Waals surface area contributed by atoms with Crippen molar-refractivity contribution in [3.8, 4) is 5.88 Å². The van der Waals surface area contributed by atoms with E-state index >= 15 is 0 Å². The van der Waals surface area contributed by atoms with Crippen LogP contribution in [-0.4, -0.2) is 10.1 Å². The Labute approximate surface area is 89.8 Å². The van der Waals surface area contributed by atoms with Crippen LogP contribution in [0.2, 0.25) is 0 Å². The van der Waals surface area contributed by atoms with Crippen LogP contribution in [0.15, 0.2) is 45.8 Å². The van der Waals surface area contributed by atoms with E-state index in [2.05, 4.69) is 4.98 Å². The van der Waals surface area contributed by atoms with Gasteiger partial charge in [-0.15, -0.1) is 0 Å². The number of pyridine rings is 1. The normalized spacial score (nSPS) is 11.0. The van der Waals surface area contributed by atoms with Crippen molar-refractivity contribution in [2.75, 3.05) is 0 Å². The highest BCUT2D eigenvalue weighted by atomic mass is 16.3. The summed E-state index contributed by atoms with van der Waals surface area (Å²) in [6, 6.07) is 7.99. The molecule has 0 saturated carbocycles. The number of aromatic hydroxyl groups is 1. The van der Waals surface area contributed by atoms with Gasteiger partial charge in [-0.2, -0.15) is 0 Å². The van der Waals surface area contributed by atoms with E-state index in [4.69, 9.17) is 4.42 Å². The zero-order valence-electron chi connectivity index (χ0n) is 8.18. The molecule has 0 atom stereocenters. The van der Waals surface area contributed by atoms with E-state index in [9.17, 15) is 9.90 Å². The Morgan fingerprint density at radius 2 is 2.06 bits per heavy atom. The van der Waals surface area contributed by atoms with Crippen LogP contribution in [0.1, 0.15) is 0 Å². The second kappa shape index (κ2) is 3.06. The number of rotatable bonds is 0. The number of hydrogen-bond donors (Lipinski definition) is 1. The third-order valence-electron chi connectivity index (χ3n) is 2.47. The van der Waals surface area contributed by atoms with Gasteiger partial charge in [0.1, 0.15) is 5.58 Å². The van der Waals surface area contributed by atoms with Crippen LogP contribution in [0.25, 0.3) is 21.9 Å². The summed E-state index contributed by atoms with van der Waals surface area (Å²) < 4.78 is 5.28. The average Bonchev–Trinajstić information content (AvgIpc) is 2.28. The Kier molecular flexibility index (Phi) is 1.71. The SMILES string of the molecule is O=c1cc(O)nc2c1ccc1occcc12. The van der Waals surface area contributed by atoms with Crippen LogP contribution in [0.4, 0.5) is 0 Å². The number of aromatic nitrogens is 1. The molecule has 4 heteroatoms. The van der Waals surface area contributed by atoms with E-state index in [-0.39, 0.29) is 11.3 Å². The molecule has 16 heavy (non-hydrogen) atoms. The maximum absolute atomic E-state index is 11.6. The molecule has 1 N–H and O–H groups in total. The summed E-state index contributed by atoms with van der Waals surface area (Å²) in [7, 11) is 0. The highest BCUT2D eigenvalue weighted by Gasteiger charge is 2.07. The Hall–Kier alpha value is -2.36. The minimum atomic E-state index is -0.270. The van der Waals surface area contributed by atoms with Crippen LogP contribution in [0.5, 0.6) is 5.88 Å². The lowest BCUT2D eigenvalue weighted by Crippen LogP contribution is -2.00. The third-order valence-corrected chi connectivity index (χ3v) is 2.47. The standard InChI is InChI=1S/C12H7NO3/c14-9-6-11(15)13-12-7(9)3-4-10-8(12)2-1-5-16-10/h1-6,15H. The number of benzene rings is 1. The molecule has 0 aliphatic heterocycles. The largest absolute Gasteiger partial charge is 0.493 e. The maximum Gasteiger partial charge on any atom is 0.215 e. The molecule has 0 aliphatic rings. The van der Waals surface area contributed by atoms with Gasteiger partial charge in [0.25, 0.3) is 0 Å². The minimum absolute atomic E-state index is 0.242. The lowest BCUT2D eigenvalue weighted by atomic mass is 10.1. The quantitative estimate of drug-likeness (QED) is 0.580. The predicted molar refractivity (Wildman–Crippen MR) is 59.4 cm³/mol. The Morgan fingerprint density at radius 3 is 2.94 bits per heavy atom. The van der Waals surface area contributed by atoms with E-state index in [1.54, 1.807) is 30.5 Å². The van der Waals surface area contributed by atoms with Crippen LogP contribution >= 0.6 is 0 Å². The first-order valence-corrected chi connectivity index (χ1v) is 4.76. The van der Waals surface area contributed by atoms with Crippen LogP contribution in [-0.2, 0) is 0 Å². The molecule has 0 amide bonds. The van der Waals surface area contributed by atoms with Crippen molar-refractivity contribution in [1.29, 1.82) is 0 Å². The number of nitrogens with zero attached hydrogens (tertiary/aromatic N) is 1. The highest BCUT2D eigenvalue weighted by molar-refractivity contribution is 6.02. The molecule has 78 valence electrons. The fourth-order valence-corrected chi connectivity index (χ4v) is 1.76.